The number of benzene rings is 2. The van der Waals surface area contributed by atoms with Crippen molar-refractivity contribution < 1.29 is 18.0 Å². The van der Waals surface area contributed by atoms with E-state index in [1.165, 1.54) is 17.7 Å². The number of nitrogens with one attached hydrogen (secondary N) is 1. The van der Waals surface area contributed by atoms with Crippen molar-refractivity contribution in [3.63, 3.8) is 0 Å². The van der Waals surface area contributed by atoms with Gasteiger partial charge in [0.2, 0.25) is 5.91 Å². The summed E-state index contributed by atoms with van der Waals surface area (Å²) < 4.78 is 40.8. The van der Waals surface area contributed by atoms with Crippen LogP contribution in [-0.4, -0.2) is 58.3 Å². The van der Waals surface area contributed by atoms with Crippen LogP contribution in [-0.2, 0) is 30.4 Å². The Morgan fingerprint density at radius 2 is 1.70 bits per heavy atom. The van der Waals surface area contributed by atoms with Gasteiger partial charge in [-0.3, -0.25) is 14.6 Å². The number of halogens is 3. The summed E-state index contributed by atoms with van der Waals surface area (Å²) in [7, 11) is 0. The van der Waals surface area contributed by atoms with Crippen LogP contribution >= 0.6 is 0 Å². The van der Waals surface area contributed by atoms with Crippen molar-refractivity contribution in [2.24, 2.45) is 5.92 Å². The maximum atomic E-state index is 13.0. The van der Waals surface area contributed by atoms with Gasteiger partial charge in [-0.05, 0) is 53.3 Å². The molecule has 0 spiro atoms. The second-order valence-electron chi connectivity index (χ2n) is 10.1. The molecular weight excluding hydrogens is 479 g/mol. The molecule has 0 bridgehead atoms. The third-order valence-electron chi connectivity index (χ3n) is 6.44. The van der Waals surface area contributed by atoms with Crippen molar-refractivity contribution in [3.05, 3.63) is 83.2 Å². The van der Waals surface area contributed by atoms with E-state index in [0.29, 0.717) is 24.7 Å². The number of hydrogen-bond donors (Lipinski definition) is 1. The minimum Gasteiger partial charge on any atom is -0.343 e. The molecule has 1 aromatic heterocycles. The van der Waals surface area contributed by atoms with Gasteiger partial charge in [0.15, 0.2) is 0 Å². The average Bonchev–Trinajstić information content (AvgIpc) is 3.38. The summed E-state index contributed by atoms with van der Waals surface area (Å²) in [6, 6.07) is 13.6. The third-order valence-corrected chi connectivity index (χ3v) is 6.44. The van der Waals surface area contributed by atoms with Crippen LogP contribution in [0.15, 0.2) is 60.9 Å². The Kier molecular flexibility index (Phi) is 8.66. The normalized spacial score (nSPS) is 15.3. The highest BCUT2D eigenvalue weighted by atomic mass is 19.4. The van der Waals surface area contributed by atoms with Crippen molar-refractivity contribution >= 4 is 5.91 Å². The molecule has 0 radical (unpaired) electrons. The maximum Gasteiger partial charge on any atom is 0.416 e. The number of carbonyl (C=O) groups is 1. The van der Waals surface area contributed by atoms with Crippen molar-refractivity contribution in [3.8, 4) is 5.69 Å². The topological polar surface area (TPSA) is 53.4 Å². The van der Waals surface area contributed by atoms with Crippen molar-refractivity contribution in [1.82, 2.24) is 24.9 Å². The molecule has 0 unspecified atom stereocenters. The Morgan fingerprint density at radius 1 is 0.973 bits per heavy atom. The van der Waals surface area contributed by atoms with E-state index in [4.69, 9.17) is 0 Å². The predicted octanol–water partition coefficient (Wildman–Crippen LogP) is 4.52. The highest BCUT2D eigenvalue weighted by Gasteiger charge is 2.30. The molecule has 1 N–H and O–H groups in total. The number of carbonyl (C=O) groups excluding carboxylic acids is 1. The summed E-state index contributed by atoms with van der Waals surface area (Å²) in [6.07, 6.45) is 0.513. The monoisotopic (exact) mass is 513 g/mol. The molecule has 4 rings (SSSR count). The molecule has 1 aliphatic heterocycles. The molecule has 1 saturated heterocycles. The van der Waals surface area contributed by atoms with Crippen LogP contribution in [0, 0.1) is 5.92 Å². The van der Waals surface area contributed by atoms with E-state index in [1.54, 1.807) is 12.3 Å². The molecule has 2 heterocycles. The van der Waals surface area contributed by atoms with Gasteiger partial charge in [0, 0.05) is 45.1 Å². The van der Waals surface area contributed by atoms with Gasteiger partial charge >= 0.3 is 6.18 Å². The van der Waals surface area contributed by atoms with Crippen molar-refractivity contribution in [2.75, 3.05) is 32.8 Å². The summed E-state index contributed by atoms with van der Waals surface area (Å²) in [6.45, 7) is 8.23. The first-order chi connectivity index (χ1) is 17.7. The summed E-state index contributed by atoms with van der Waals surface area (Å²) in [5.74, 6) is 0.460. The van der Waals surface area contributed by atoms with Crippen molar-refractivity contribution in [1.29, 1.82) is 0 Å². The second kappa shape index (κ2) is 11.9. The molecule has 1 aliphatic rings. The Hall–Kier alpha value is -3.17. The number of nitrogens with zero attached hydrogens (tertiary/aromatic N) is 4. The van der Waals surface area contributed by atoms with Crippen LogP contribution in [0.5, 0.6) is 0 Å². The Labute approximate surface area is 216 Å². The van der Waals surface area contributed by atoms with Gasteiger partial charge in [0.25, 0.3) is 0 Å². The van der Waals surface area contributed by atoms with Gasteiger partial charge in [0.1, 0.15) is 0 Å². The summed E-state index contributed by atoms with van der Waals surface area (Å²) in [5.41, 5.74) is 3.13. The number of aromatic nitrogens is 2. The molecule has 2 aromatic carbocycles. The first-order valence-corrected chi connectivity index (χ1v) is 12.7. The fourth-order valence-corrected chi connectivity index (χ4v) is 4.65. The molecule has 3 aromatic rings. The number of alkyl halides is 3. The number of piperazine rings is 1. The molecule has 37 heavy (non-hydrogen) atoms. The second-order valence-corrected chi connectivity index (χ2v) is 10.1. The number of amides is 1. The van der Waals surface area contributed by atoms with E-state index in [1.807, 2.05) is 23.0 Å². The minimum atomic E-state index is -4.33. The van der Waals surface area contributed by atoms with Gasteiger partial charge in [-0.2, -0.15) is 18.3 Å². The van der Waals surface area contributed by atoms with E-state index in [9.17, 15) is 18.0 Å². The highest BCUT2D eigenvalue weighted by Crippen LogP contribution is 2.29. The Balaban J connectivity index is 1.26. The fourth-order valence-electron chi connectivity index (χ4n) is 4.65. The first kappa shape index (κ1) is 26.9. The number of hydrogen-bond acceptors (Lipinski definition) is 4. The first-order valence-electron chi connectivity index (χ1n) is 12.7. The van der Waals surface area contributed by atoms with Crippen LogP contribution < -0.4 is 5.32 Å². The summed E-state index contributed by atoms with van der Waals surface area (Å²) in [4.78, 5) is 17.0. The lowest BCUT2D eigenvalue weighted by atomic mass is 9.99. The number of rotatable bonds is 9. The fraction of sp³-hybridized carbons (Fsp3) is 0.429. The SMILES string of the molecule is CC(C)Cc1cc(CC(=O)NCN2CCN(Cc3cccc(C(F)(F)F)c3)CC2)cc(-n2cccn2)c1. The molecule has 198 valence electrons. The van der Waals surface area contributed by atoms with E-state index < -0.39 is 11.7 Å². The molecular formula is C28H34F3N5O. The molecule has 0 aliphatic carbocycles. The van der Waals surface area contributed by atoms with Gasteiger partial charge in [0.05, 0.1) is 24.3 Å². The van der Waals surface area contributed by atoms with Crippen LogP contribution in [0.3, 0.4) is 0 Å². The van der Waals surface area contributed by atoms with Gasteiger partial charge in [-0.1, -0.05) is 38.1 Å². The molecule has 9 heteroatoms. The molecule has 0 saturated carbocycles. The van der Waals surface area contributed by atoms with Gasteiger partial charge in [-0.15, -0.1) is 0 Å². The zero-order valence-electron chi connectivity index (χ0n) is 21.3. The molecule has 6 nitrogen and oxygen atoms in total. The Morgan fingerprint density at radius 3 is 2.38 bits per heavy atom. The summed E-state index contributed by atoms with van der Waals surface area (Å²) >= 11 is 0. The maximum absolute atomic E-state index is 13.0. The summed E-state index contributed by atoms with van der Waals surface area (Å²) in [5, 5.41) is 7.35. The van der Waals surface area contributed by atoms with E-state index in [0.717, 1.165) is 49.9 Å². The van der Waals surface area contributed by atoms with E-state index in [2.05, 4.69) is 46.2 Å². The lowest BCUT2D eigenvalue weighted by Crippen LogP contribution is -2.49. The van der Waals surface area contributed by atoms with Crippen LogP contribution in [0.25, 0.3) is 5.69 Å². The van der Waals surface area contributed by atoms with Gasteiger partial charge < -0.3 is 5.32 Å². The predicted molar refractivity (Wildman–Crippen MR) is 137 cm³/mol. The van der Waals surface area contributed by atoms with Gasteiger partial charge in [-0.25, -0.2) is 4.68 Å². The average molecular weight is 514 g/mol. The minimum absolute atomic E-state index is 0.0421. The molecule has 1 amide bonds. The van der Waals surface area contributed by atoms with E-state index >= 15 is 0 Å². The quantitative estimate of drug-likeness (QED) is 0.457. The lowest BCUT2D eigenvalue weighted by Gasteiger charge is -2.34. The molecule has 1 fully saturated rings. The van der Waals surface area contributed by atoms with Crippen LogP contribution in [0.4, 0.5) is 13.2 Å². The van der Waals surface area contributed by atoms with E-state index in [-0.39, 0.29) is 12.3 Å². The van der Waals surface area contributed by atoms with Crippen LogP contribution in [0.2, 0.25) is 0 Å². The third kappa shape index (κ3) is 7.90. The lowest BCUT2D eigenvalue weighted by molar-refractivity contribution is -0.137. The molecule has 0 atom stereocenters. The zero-order valence-corrected chi connectivity index (χ0v) is 21.3. The standard InChI is InChI=1S/C28H34F3N5O/c1-21(2)13-23-14-24(17-26(16-23)36-8-4-7-33-36)18-27(37)32-20-35-11-9-34(10-12-35)19-22-5-3-6-25(15-22)28(29,30)31/h3-8,14-17,21H,9-13,18-20H2,1-2H3,(H,32,37). The Bertz CT molecular complexity index is 1170. The smallest absolute Gasteiger partial charge is 0.343 e. The van der Waals surface area contributed by atoms with Crippen molar-refractivity contribution in [2.45, 2.75) is 39.4 Å². The zero-order chi connectivity index (χ0) is 26.4. The van der Waals surface area contributed by atoms with Crippen LogP contribution in [0.1, 0.15) is 36.1 Å². The highest BCUT2D eigenvalue weighted by molar-refractivity contribution is 5.78. The largest absolute Gasteiger partial charge is 0.416 e.